The molecule has 0 aliphatic carbocycles. The predicted molar refractivity (Wildman–Crippen MR) is 70.8 cm³/mol. The molecule has 1 heterocycles. The number of hydrogen-bond acceptors (Lipinski definition) is 4. The van der Waals surface area contributed by atoms with E-state index in [2.05, 4.69) is 0 Å². The van der Waals surface area contributed by atoms with Gasteiger partial charge in [0.05, 0.1) is 6.42 Å². The Kier molecular flexibility index (Phi) is 4.45. The number of likely N-dealkylation sites (tertiary alicyclic amines) is 1. The van der Waals surface area contributed by atoms with Crippen LogP contribution in [0.4, 0.5) is 4.79 Å². The van der Waals surface area contributed by atoms with Gasteiger partial charge in [0.1, 0.15) is 5.60 Å². The molecule has 6 heteroatoms. The number of carbonyl (C=O) groups excluding carboxylic acids is 1. The first-order valence-corrected chi connectivity index (χ1v) is 6.56. The molecule has 3 N–H and O–H groups in total. The molecule has 1 amide bonds. The van der Waals surface area contributed by atoms with E-state index in [1.807, 2.05) is 27.7 Å². The van der Waals surface area contributed by atoms with E-state index in [-0.39, 0.29) is 18.4 Å². The average molecular weight is 272 g/mol. The van der Waals surface area contributed by atoms with Crippen molar-refractivity contribution in [3.63, 3.8) is 0 Å². The van der Waals surface area contributed by atoms with Gasteiger partial charge in [-0.3, -0.25) is 4.79 Å². The van der Waals surface area contributed by atoms with Crippen molar-refractivity contribution >= 4 is 12.1 Å². The molecule has 1 rings (SSSR count). The number of hydrogen-bond donors (Lipinski definition) is 2. The van der Waals surface area contributed by atoms with Gasteiger partial charge >= 0.3 is 12.1 Å². The number of carbonyl (C=O) groups is 2. The van der Waals surface area contributed by atoms with Crippen molar-refractivity contribution in [3.05, 3.63) is 0 Å². The molecule has 110 valence electrons. The van der Waals surface area contributed by atoms with Crippen molar-refractivity contribution in [1.82, 2.24) is 4.90 Å². The molecular weight excluding hydrogens is 248 g/mol. The number of carboxylic acids is 1. The normalized spacial score (nSPS) is 19.5. The Hall–Kier alpha value is -1.30. The van der Waals surface area contributed by atoms with Crippen molar-refractivity contribution in [2.75, 3.05) is 13.1 Å². The van der Waals surface area contributed by atoms with Gasteiger partial charge < -0.3 is 20.5 Å². The van der Waals surface area contributed by atoms with Gasteiger partial charge in [-0.05, 0) is 27.2 Å². The molecule has 0 aromatic rings. The first-order valence-electron chi connectivity index (χ1n) is 6.56. The molecule has 1 aliphatic heterocycles. The molecule has 1 saturated heterocycles. The molecule has 1 aliphatic rings. The van der Waals surface area contributed by atoms with E-state index in [0.29, 0.717) is 19.5 Å². The van der Waals surface area contributed by atoms with E-state index in [0.717, 1.165) is 0 Å². The van der Waals surface area contributed by atoms with E-state index in [9.17, 15) is 9.59 Å². The van der Waals surface area contributed by atoms with Crippen LogP contribution in [0.25, 0.3) is 0 Å². The Balaban J connectivity index is 2.52. The Bertz CT molecular complexity index is 358. The van der Waals surface area contributed by atoms with Crippen LogP contribution in [0.5, 0.6) is 0 Å². The summed E-state index contributed by atoms with van der Waals surface area (Å²) in [5, 5.41) is 8.89. The number of amides is 1. The third kappa shape index (κ3) is 4.09. The van der Waals surface area contributed by atoms with Crippen molar-refractivity contribution < 1.29 is 19.4 Å². The van der Waals surface area contributed by atoms with Crippen LogP contribution < -0.4 is 5.73 Å². The van der Waals surface area contributed by atoms with Gasteiger partial charge in [0.25, 0.3) is 0 Å². The lowest BCUT2D eigenvalue weighted by Gasteiger charge is -2.48. The molecule has 1 unspecified atom stereocenters. The van der Waals surface area contributed by atoms with Gasteiger partial charge in [0, 0.05) is 24.5 Å². The number of rotatable bonds is 4. The highest BCUT2D eigenvalue weighted by Crippen LogP contribution is 2.31. The highest BCUT2D eigenvalue weighted by atomic mass is 16.6. The zero-order valence-electron chi connectivity index (χ0n) is 12.1. The molecule has 1 atom stereocenters. The van der Waals surface area contributed by atoms with Gasteiger partial charge in [0.2, 0.25) is 0 Å². The van der Waals surface area contributed by atoms with Crippen LogP contribution in [0, 0.1) is 5.92 Å². The Labute approximate surface area is 113 Å². The Morgan fingerprint density at radius 2 is 1.89 bits per heavy atom. The molecule has 0 saturated carbocycles. The smallest absolute Gasteiger partial charge is 0.410 e. The van der Waals surface area contributed by atoms with Crippen LogP contribution in [-0.4, -0.2) is 46.3 Å². The Morgan fingerprint density at radius 3 is 2.26 bits per heavy atom. The third-order valence-corrected chi connectivity index (χ3v) is 3.48. The molecular formula is C13H24N2O4. The quantitative estimate of drug-likeness (QED) is 0.807. The second kappa shape index (κ2) is 5.36. The van der Waals surface area contributed by atoms with Crippen molar-refractivity contribution in [3.8, 4) is 0 Å². The van der Waals surface area contributed by atoms with Gasteiger partial charge in [-0.2, -0.15) is 0 Å². The summed E-state index contributed by atoms with van der Waals surface area (Å²) in [6.07, 6.45) is 0.139. The molecule has 19 heavy (non-hydrogen) atoms. The van der Waals surface area contributed by atoms with E-state index in [1.165, 1.54) is 0 Å². The molecule has 0 spiro atoms. The number of aliphatic carboxylic acids is 1. The number of ether oxygens (including phenoxy) is 1. The summed E-state index contributed by atoms with van der Waals surface area (Å²) < 4.78 is 5.25. The summed E-state index contributed by atoms with van der Waals surface area (Å²) in [7, 11) is 0. The third-order valence-electron chi connectivity index (χ3n) is 3.48. The van der Waals surface area contributed by atoms with Crippen LogP contribution >= 0.6 is 0 Å². The van der Waals surface area contributed by atoms with Gasteiger partial charge in [-0.25, -0.2) is 4.79 Å². The molecule has 0 aromatic carbocycles. The zero-order chi connectivity index (χ0) is 14.8. The molecule has 0 aromatic heterocycles. The molecule has 6 nitrogen and oxygen atoms in total. The highest BCUT2D eigenvalue weighted by molar-refractivity contribution is 5.70. The first kappa shape index (κ1) is 15.8. The standard InChI is InChI=1S/C13H24N2O4/c1-5-13(14,6-10(16)17)9-7-15(8-9)11(18)19-12(2,3)4/h9H,5-8,14H2,1-4H3,(H,16,17). The van der Waals surface area contributed by atoms with E-state index < -0.39 is 17.1 Å². The summed E-state index contributed by atoms with van der Waals surface area (Å²) in [6.45, 7) is 8.24. The van der Waals surface area contributed by atoms with Crippen LogP contribution in [0.2, 0.25) is 0 Å². The summed E-state index contributed by atoms with van der Waals surface area (Å²) >= 11 is 0. The van der Waals surface area contributed by atoms with Crippen LogP contribution in [0.15, 0.2) is 0 Å². The highest BCUT2D eigenvalue weighted by Gasteiger charge is 2.45. The first-order chi connectivity index (χ1) is 8.57. The van der Waals surface area contributed by atoms with Crippen molar-refractivity contribution in [1.29, 1.82) is 0 Å². The van der Waals surface area contributed by atoms with Crippen molar-refractivity contribution in [2.45, 2.75) is 51.7 Å². The van der Waals surface area contributed by atoms with E-state index in [1.54, 1.807) is 4.90 Å². The maximum absolute atomic E-state index is 11.8. The summed E-state index contributed by atoms with van der Waals surface area (Å²) in [5.41, 5.74) is 4.87. The minimum Gasteiger partial charge on any atom is -0.481 e. The molecule has 0 bridgehead atoms. The maximum Gasteiger partial charge on any atom is 0.410 e. The zero-order valence-corrected chi connectivity index (χ0v) is 12.1. The van der Waals surface area contributed by atoms with Crippen molar-refractivity contribution in [2.24, 2.45) is 11.7 Å². The second-order valence-electron chi connectivity index (χ2n) is 6.24. The average Bonchev–Trinajstić information content (AvgIpc) is 2.10. The minimum absolute atomic E-state index is 0.0149. The van der Waals surface area contributed by atoms with E-state index >= 15 is 0 Å². The lowest BCUT2D eigenvalue weighted by Crippen LogP contribution is -2.64. The lowest BCUT2D eigenvalue weighted by molar-refractivity contribution is -0.139. The fraction of sp³-hybridized carbons (Fsp3) is 0.846. The Morgan fingerprint density at radius 1 is 1.37 bits per heavy atom. The van der Waals surface area contributed by atoms with Gasteiger partial charge in [-0.15, -0.1) is 0 Å². The summed E-state index contributed by atoms with van der Waals surface area (Å²) in [4.78, 5) is 24.2. The second-order valence-corrected chi connectivity index (χ2v) is 6.24. The van der Waals surface area contributed by atoms with Gasteiger partial charge in [0.15, 0.2) is 0 Å². The van der Waals surface area contributed by atoms with Gasteiger partial charge in [-0.1, -0.05) is 6.92 Å². The number of carboxylic acid groups (broad SMARTS) is 1. The summed E-state index contributed by atoms with van der Waals surface area (Å²) in [5.74, 6) is -0.888. The fourth-order valence-electron chi connectivity index (χ4n) is 2.16. The summed E-state index contributed by atoms with van der Waals surface area (Å²) in [6, 6.07) is 0. The molecule has 1 fully saturated rings. The SMILES string of the molecule is CCC(N)(CC(=O)O)C1CN(C(=O)OC(C)(C)C)C1. The topological polar surface area (TPSA) is 92.9 Å². The minimum atomic E-state index is -0.903. The fourth-order valence-corrected chi connectivity index (χ4v) is 2.16. The van der Waals surface area contributed by atoms with Crippen LogP contribution in [0.3, 0.4) is 0 Å². The van der Waals surface area contributed by atoms with Crippen LogP contribution in [0.1, 0.15) is 40.5 Å². The number of nitrogens with zero attached hydrogens (tertiary/aromatic N) is 1. The molecule has 0 radical (unpaired) electrons. The number of nitrogens with two attached hydrogens (primary N) is 1. The maximum atomic E-state index is 11.8. The van der Waals surface area contributed by atoms with E-state index in [4.69, 9.17) is 15.6 Å². The largest absolute Gasteiger partial charge is 0.481 e. The lowest BCUT2D eigenvalue weighted by atomic mass is 9.75. The monoisotopic (exact) mass is 272 g/mol. The predicted octanol–water partition coefficient (Wildman–Crippen LogP) is 1.44. The van der Waals surface area contributed by atoms with Crippen LogP contribution in [-0.2, 0) is 9.53 Å².